The third-order valence-corrected chi connectivity index (χ3v) is 5.19. The minimum absolute atomic E-state index is 0.163. The highest BCUT2D eigenvalue weighted by Gasteiger charge is 2.53. The van der Waals surface area contributed by atoms with Crippen LogP contribution in [0.3, 0.4) is 0 Å². The van der Waals surface area contributed by atoms with Crippen LogP contribution in [-0.2, 0) is 9.59 Å². The molecular weight excluding hydrogens is 292 g/mol. The third kappa shape index (κ3) is 8.38. The van der Waals surface area contributed by atoms with E-state index in [4.69, 9.17) is 5.11 Å². The van der Waals surface area contributed by atoms with Gasteiger partial charge in [-0.1, -0.05) is 64.7 Å². The maximum Gasteiger partial charge on any atom is 0.307 e. The fourth-order valence-electron chi connectivity index (χ4n) is 3.77. The van der Waals surface area contributed by atoms with Gasteiger partial charge in [-0.2, -0.15) is 0 Å². The number of hydrogen-bond donors (Lipinski definition) is 2. The lowest BCUT2D eigenvalue weighted by atomic mass is 10.0. The van der Waals surface area contributed by atoms with E-state index in [1.807, 2.05) is 0 Å². The maximum atomic E-state index is 11.3. The van der Waals surface area contributed by atoms with E-state index in [0.717, 1.165) is 25.7 Å². The molecular formula is C19H34O4. The standard InChI is InChI=1S/C19H34O4/c1-2-3-4-5-6-7-8-9-12-15-16(18(15)19(22)23)13-10-11-14-17(20)21/h15-16,18H,2-14H2,1H3,(H,20,21)(H,22,23). The first kappa shape index (κ1) is 20.0. The molecule has 1 rings (SSSR count). The van der Waals surface area contributed by atoms with E-state index >= 15 is 0 Å². The summed E-state index contributed by atoms with van der Waals surface area (Å²) in [5.74, 6) is -0.934. The van der Waals surface area contributed by atoms with Gasteiger partial charge in [0.25, 0.3) is 0 Å². The summed E-state index contributed by atoms with van der Waals surface area (Å²) in [5, 5.41) is 17.9. The Labute approximate surface area is 140 Å². The molecule has 0 spiro atoms. The number of rotatable bonds is 15. The van der Waals surface area contributed by atoms with Crippen LogP contribution < -0.4 is 0 Å². The molecule has 4 heteroatoms. The largest absolute Gasteiger partial charge is 0.481 e. The fraction of sp³-hybridized carbons (Fsp3) is 0.895. The van der Waals surface area contributed by atoms with Crippen molar-refractivity contribution in [1.29, 1.82) is 0 Å². The molecule has 0 aromatic rings. The molecule has 0 radical (unpaired) electrons. The number of carboxylic acid groups (broad SMARTS) is 2. The Balaban J connectivity index is 2.07. The first-order valence-corrected chi connectivity index (χ1v) is 9.52. The van der Waals surface area contributed by atoms with Gasteiger partial charge in [0, 0.05) is 6.42 Å². The van der Waals surface area contributed by atoms with E-state index in [-0.39, 0.29) is 12.3 Å². The number of carbonyl (C=O) groups is 2. The number of carboxylic acids is 2. The van der Waals surface area contributed by atoms with E-state index in [1.165, 1.54) is 44.9 Å². The van der Waals surface area contributed by atoms with E-state index < -0.39 is 11.9 Å². The smallest absolute Gasteiger partial charge is 0.307 e. The van der Waals surface area contributed by atoms with Crippen LogP contribution >= 0.6 is 0 Å². The molecule has 3 unspecified atom stereocenters. The summed E-state index contributed by atoms with van der Waals surface area (Å²) < 4.78 is 0. The second kappa shape index (κ2) is 11.5. The minimum Gasteiger partial charge on any atom is -0.481 e. The molecule has 2 N–H and O–H groups in total. The van der Waals surface area contributed by atoms with Crippen molar-refractivity contribution < 1.29 is 19.8 Å². The van der Waals surface area contributed by atoms with Gasteiger partial charge in [0.15, 0.2) is 0 Å². The summed E-state index contributed by atoms with van der Waals surface area (Å²) in [5.41, 5.74) is 0. The van der Waals surface area contributed by atoms with Gasteiger partial charge in [-0.05, 0) is 31.1 Å². The molecule has 1 aliphatic rings. The van der Waals surface area contributed by atoms with E-state index in [0.29, 0.717) is 18.3 Å². The molecule has 1 fully saturated rings. The maximum absolute atomic E-state index is 11.3. The Hall–Kier alpha value is -1.06. The number of aliphatic carboxylic acids is 2. The molecule has 1 aliphatic carbocycles. The number of hydrogen-bond acceptors (Lipinski definition) is 2. The Morgan fingerprint density at radius 2 is 1.22 bits per heavy atom. The van der Waals surface area contributed by atoms with Gasteiger partial charge in [-0.25, -0.2) is 0 Å². The van der Waals surface area contributed by atoms with Crippen LogP contribution in [0.4, 0.5) is 0 Å². The van der Waals surface area contributed by atoms with Gasteiger partial charge in [-0.3, -0.25) is 9.59 Å². The van der Waals surface area contributed by atoms with Crippen LogP contribution in [0.5, 0.6) is 0 Å². The molecule has 0 bridgehead atoms. The Kier molecular flexibility index (Phi) is 9.97. The van der Waals surface area contributed by atoms with Crippen LogP contribution in [0.1, 0.15) is 90.4 Å². The summed E-state index contributed by atoms with van der Waals surface area (Å²) in [6, 6.07) is 0. The Morgan fingerprint density at radius 3 is 1.70 bits per heavy atom. The topological polar surface area (TPSA) is 74.6 Å². The summed E-state index contributed by atoms with van der Waals surface area (Å²) in [4.78, 5) is 21.8. The van der Waals surface area contributed by atoms with Crippen molar-refractivity contribution in [1.82, 2.24) is 0 Å². The van der Waals surface area contributed by atoms with Crippen LogP contribution in [-0.4, -0.2) is 22.2 Å². The lowest BCUT2D eigenvalue weighted by Crippen LogP contribution is -2.01. The monoisotopic (exact) mass is 326 g/mol. The zero-order valence-corrected chi connectivity index (χ0v) is 14.6. The lowest BCUT2D eigenvalue weighted by Gasteiger charge is -2.02. The molecule has 1 saturated carbocycles. The van der Waals surface area contributed by atoms with Crippen LogP contribution in [0, 0.1) is 17.8 Å². The quantitative estimate of drug-likeness (QED) is 0.410. The summed E-state index contributed by atoms with van der Waals surface area (Å²) in [6.45, 7) is 2.23. The Morgan fingerprint density at radius 1 is 0.739 bits per heavy atom. The summed E-state index contributed by atoms with van der Waals surface area (Å²) in [6.07, 6.45) is 13.9. The molecule has 0 aromatic carbocycles. The number of unbranched alkanes of at least 4 members (excludes halogenated alkanes) is 8. The van der Waals surface area contributed by atoms with Crippen molar-refractivity contribution in [3.8, 4) is 0 Å². The van der Waals surface area contributed by atoms with Crippen molar-refractivity contribution in [2.24, 2.45) is 17.8 Å². The van der Waals surface area contributed by atoms with Gasteiger partial charge >= 0.3 is 11.9 Å². The highest BCUT2D eigenvalue weighted by atomic mass is 16.4. The van der Waals surface area contributed by atoms with Gasteiger partial charge in [0.2, 0.25) is 0 Å². The summed E-state index contributed by atoms with van der Waals surface area (Å²) in [7, 11) is 0. The molecule has 3 atom stereocenters. The highest BCUT2D eigenvalue weighted by Crippen LogP contribution is 2.52. The fourth-order valence-corrected chi connectivity index (χ4v) is 3.77. The predicted octanol–water partition coefficient (Wildman–Crippen LogP) is 5.11. The van der Waals surface area contributed by atoms with Crippen molar-refractivity contribution in [3.63, 3.8) is 0 Å². The molecule has 4 nitrogen and oxygen atoms in total. The zero-order chi connectivity index (χ0) is 17.1. The molecule has 0 heterocycles. The second-order valence-electron chi connectivity index (χ2n) is 7.09. The first-order chi connectivity index (χ1) is 11.1. The first-order valence-electron chi connectivity index (χ1n) is 9.52. The van der Waals surface area contributed by atoms with E-state index in [9.17, 15) is 14.7 Å². The van der Waals surface area contributed by atoms with Crippen LogP contribution in [0.25, 0.3) is 0 Å². The van der Waals surface area contributed by atoms with Crippen molar-refractivity contribution in [3.05, 3.63) is 0 Å². The van der Waals surface area contributed by atoms with E-state index in [2.05, 4.69) is 6.92 Å². The lowest BCUT2D eigenvalue weighted by molar-refractivity contribution is -0.139. The van der Waals surface area contributed by atoms with Crippen molar-refractivity contribution in [2.75, 3.05) is 0 Å². The zero-order valence-electron chi connectivity index (χ0n) is 14.6. The molecule has 0 saturated heterocycles. The molecule has 0 aliphatic heterocycles. The van der Waals surface area contributed by atoms with Crippen LogP contribution in [0.15, 0.2) is 0 Å². The van der Waals surface area contributed by atoms with Crippen molar-refractivity contribution >= 4 is 11.9 Å². The second-order valence-corrected chi connectivity index (χ2v) is 7.09. The molecule has 134 valence electrons. The Bertz CT molecular complexity index is 353. The summed E-state index contributed by atoms with van der Waals surface area (Å²) >= 11 is 0. The van der Waals surface area contributed by atoms with E-state index in [1.54, 1.807) is 0 Å². The van der Waals surface area contributed by atoms with Gasteiger partial charge < -0.3 is 10.2 Å². The normalized spacial score (nSPS) is 22.9. The molecule has 0 amide bonds. The molecule has 23 heavy (non-hydrogen) atoms. The predicted molar refractivity (Wildman–Crippen MR) is 91.4 cm³/mol. The molecule has 0 aromatic heterocycles. The third-order valence-electron chi connectivity index (χ3n) is 5.19. The highest BCUT2D eigenvalue weighted by molar-refractivity contribution is 5.74. The van der Waals surface area contributed by atoms with Gasteiger partial charge in [0.05, 0.1) is 5.92 Å². The SMILES string of the molecule is CCCCCCCCCCC1C(CCCCC(=O)O)C1C(=O)O. The minimum atomic E-state index is -0.758. The van der Waals surface area contributed by atoms with Crippen LogP contribution in [0.2, 0.25) is 0 Å². The van der Waals surface area contributed by atoms with Gasteiger partial charge in [0.1, 0.15) is 0 Å². The average molecular weight is 326 g/mol. The van der Waals surface area contributed by atoms with Gasteiger partial charge in [-0.15, -0.1) is 0 Å². The van der Waals surface area contributed by atoms with Crippen molar-refractivity contribution in [2.45, 2.75) is 90.4 Å². The average Bonchev–Trinajstić information content (AvgIpc) is 3.19.